The Morgan fingerprint density at radius 1 is 1.33 bits per heavy atom. The van der Waals surface area contributed by atoms with Gasteiger partial charge in [-0.25, -0.2) is 4.98 Å². The van der Waals surface area contributed by atoms with Crippen LogP contribution in [0.1, 0.15) is 38.5 Å². The maximum absolute atomic E-state index is 12.5. The van der Waals surface area contributed by atoms with Crippen molar-refractivity contribution >= 4 is 23.2 Å². The maximum Gasteiger partial charge on any atom is 0.230 e. The molecular weight excluding hydrogens is 248 g/mol. The highest BCUT2D eigenvalue weighted by Crippen LogP contribution is 2.54. The lowest BCUT2D eigenvalue weighted by Gasteiger charge is -2.27. The second kappa shape index (κ2) is 4.54. The van der Waals surface area contributed by atoms with Gasteiger partial charge in [0.15, 0.2) is 0 Å². The van der Waals surface area contributed by atoms with Crippen molar-refractivity contribution in [3.63, 3.8) is 0 Å². The van der Waals surface area contributed by atoms with Crippen LogP contribution < -0.4 is 5.32 Å². The number of halogens is 1. The van der Waals surface area contributed by atoms with Gasteiger partial charge >= 0.3 is 0 Å². The van der Waals surface area contributed by atoms with Gasteiger partial charge in [-0.3, -0.25) is 4.79 Å². The highest BCUT2D eigenvalue weighted by molar-refractivity contribution is 6.29. The molecule has 0 aliphatic heterocycles. The first kappa shape index (κ1) is 12.0. The molecule has 2 fully saturated rings. The van der Waals surface area contributed by atoms with E-state index in [9.17, 15) is 4.79 Å². The molecule has 0 saturated heterocycles. The number of pyridine rings is 1. The molecule has 0 unspecified atom stereocenters. The average Bonchev–Trinajstić information content (AvgIpc) is 2.91. The zero-order chi connectivity index (χ0) is 12.6. The van der Waals surface area contributed by atoms with Crippen LogP contribution in [0, 0.1) is 11.3 Å². The molecule has 0 aromatic carbocycles. The van der Waals surface area contributed by atoms with E-state index in [1.165, 1.54) is 25.7 Å². The summed E-state index contributed by atoms with van der Waals surface area (Å²) in [5.41, 5.74) is 0.649. The van der Waals surface area contributed by atoms with Crippen LogP contribution in [0.3, 0.4) is 0 Å². The Morgan fingerprint density at radius 2 is 2.06 bits per heavy atom. The fraction of sp³-hybridized carbons (Fsp3) is 0.571. The van der Waals surface area contributed by atoms with Crippen molar-refractivity contribution in [1.29, 1.82) is 0 Å². The van der Waals surface area contributed by atoms with Gasteiger partial charge in [0.1, 0.15) is 5.15 Å². The van der Waals surface area contributed by atoms with Gasteiger partial charge in [-0.1, -0.05) is 24.4 Å². The highest BCUT2D eigenvalue weighted by atomic mass is 35.5. The second-order valence-corrected chi connectivity index (χ2v) is 5.85. The minimum absolute atomic E-state index is 0.0976. The Hall–Kier alpha value is -1.09. The molecule has 0 radical (unpaired) electrons. The zero-order valence-corrected chi connectivity index (χ0v) is 11.0. The number of carbonyl (C=O) groups excluding carboxylic acids is 1. The standard InChI is InChI=1S/C14H17ClN2O/c15-12-6-5-11(9-16-12)17-13(18)14-7-1-3-10(14)4-2-8-14/h5-6,9-10H,1-4,7-8H2,(H,17,18). The summed E-state index contributed by atoms with van der Waals surface area (Å²) in [6, 6.07) is 3.51. The van der Waals surface area contributed by atoms with Gasteiger partial charge in [0.2, 0.25) is 5.91 Å². The van der Waals surface area contributed by atoms with Gasteiger partial charge in [-0.15, -0.1) is 0 Å². The number of hydrogen-bond donors (Lipinski definition) is 1. The van der Waals surface area contributed by atoms with E-state index in [2.05, 4.69) is 10.3 Å². The van der Waals surface area contributed by atoms with Crippen molar-refractivity contribution in [2.45, 2.75) is 38.5 Å². The summed E-state index contributed by atoms with van der Waals surface area (Å²) in [4.78, 5) is 16.5. The van der Waals surface area contributed by atoms with Crippen molar-refractivity contribution in [3.8, 4) is 0 Å². The molecule has 0 spiro atoms. The molecule has 2 saturated carbocycles. The van der Waals surface area contributed by atoms with E-state index in [-0.39, 0.29) is 11.3 Å². The largest absolute Gasteiger partial charge is 0.324 e. The van der Waals surface area contributed by atoms with E-state index < -0.39 is 0 Å². The molecule has 3 nitrogen and oxygen atoms in total. The SMILES string of the molecule is O=C(Nc1ccc(Cl)nc1)C12CCCC1CCC2. The average molecular weight is 265 g/mol. The molecule has 3 rings (SSSR count). The molecule has 1 heterocycles. The van der Waals surface area contributed by atoms with Gasteiger partial charge in [-0.2, -0.15) is 0 Å². The van der Waals surface area contributed by atoms with E-state index in [1.807, 2.05) is 6.07 Å². The number of amides is 1. The van der Waals surface area contributed by atoms with E-state index in [0.717, 1.165) is 18.5 Å². The Bertz CT molecular complexity index is 447. The topological polar surface area (TPSA) is 42.0 Å². The van der Waals surface area contributed by atoms with Gasteiger partial charge in [-0.05, 0) is 43.7 Å². The molecule has 0 atom stereocenters. The highest BCUT2D eigenvalue weighted by Gasteiger charge is 2.51. The van der Waals surface area contributed by atoms with Crippen LogP contribution in [-0.4, -0.2) is 10.9 Å². The second-order valence-electron chi connectivity index (χ2n) is 5.46. The van der Waals surface area contributed by atoms with Crippen LogP contribution >= 0.6 is 11.6 Å². The molecule has 1 N–H and O–H groups in total. The quantitative estimate of drug-likeness (QED) is 0.829. The number of anilines is 1. The monoisotopic (exact) mass is 264 g/mol. The lowest BCUT2D eigenvalue weighted by Crippen LogP contribution is -2.36. The van der Waals surface area contributed by atoms with Crippen molar-refractivity contribution in [2.24, 2.45) is 11.3 Å². The minimum atomic E-state index is -0.0976. The molecule has 96 valence electrons. The molecule has 0 bridgehead atoms. The third-order valence-electron chi connectivity index (χ3n) is 4.57. The van der Waals surface area contributed by atoms with Crippen molar-refractivity contribution in [2.75, 3.05) is 5.32 Å². The fourth-order valence-corrected chi connectivity index (χ4v) is 3.79. The van der Waals surface area contributed by atoms with Crippen molar-refractivity contribution < 1.29 is 4.79 Å². The number of aromatic nitrogens is 1. The summed E-state index contributed by atoms with van der Waals surface area (Å²) in [6.45, 7) is 0. The molecule has 1 amide bonds. The summed E-state index contributed by atoms with van der Waals surface area (Å²) in [5, 5.41) is 3.46. The van der Waals surface area contributed by atoms with Gasteiger partial charge in [0, 0.05) is 0 Å². The van der Waals surface area contributed by atoms with Gasteiger partial charge in [0.05, 0.1) is 17.3 Å². The zero-order valence-electron chi connectivity index (χ0n) is 10.3. The molecule has 18 heavy (non-hydrogen) atoms. The summed E-state index contributed by atoms with van der Waals surface area (Å²) in [6.07, 6.45) is 8.53. The molecule has 2 aliphatic carbocycles. The van der Waals surface area contributed by atoms with Gasteiger partial charge < -0.3 is 5.32 Å². The van der Waals surface area contributed by atoms with E-state index >= 15 is 0 Å². The minimum Gasteiger partial charge on any atom is -0.324 e. The van der Waals surface area contributed by atoms with Crippen molar-refractivity contribution in [3.05, 3.63) is 23.5 Å². The van der Waals surface area contributed by atoms with Crippen LogP contribution in [0.2, 0.25) is 5.15 Å². The van der Waals surface area contributed by atoms with Crippen molar-refractivity contribution in [1.82, 2.24) is 4.98 Å². The number of rotatable bonds is 2. The Labute approximate surface area is 112 Å². The predicted octanol–water partition coefficient (Wildman–Crippen LogP) is 3.64. The van der Waals surface area contributed by atoms with E-state index in [0.29, 0.717) is 11.1 Å². The molecule has 1 aromatic rings. The molecule has 1 aromatic heterocycles. The number of nitrogens with zero attached hydrogens (tertiary/aromatic N) is 1. The third-order valence-corrected chi connectivity index (χ3v) is 4.79. The van der Waals surface area contributed by atoms with E-state index in [4.69, 9.17) is 11.6 Å². The predicted molar refractivity (Wildman–Crippen MR) is 71.5 cm³/mol. The van der Waals surface area contributed by atoms with Crippen LogP contribution in [-0.2, 0) is 4.79 Å². The fourth-order valence-electron chi connectivity index (χ4n) is 3.68. The molecule has 2 aliphatic rings. The van der Waals surface area contributed by atoms with Crippen LogP contribution in [0.15, 0.2) is 18.3 Å². The smallest absolute Gasteiger partial charge is 0.230 e. The van der Waals surface area contributed by atoms with Gasteiger partial charge in [0.25, 0.3) is 0 Å². The number of fused-ring (bicyclic) bond motifs is 1. The third kappa shape index (κ3) is 1.91. The Morgan fingerprint density at radius 3 is 2.67 bits per heavy atom. The molecular formula is C14H17ClN2O. The first-order valence-electron chi connectivity index (χ1n) is 6.64. The Balaban J connectivity index is 1.77. The number of nitrogens with one attached hydrogen (secondary N) is 1. The summed E-state index contributed by atoms with van der Waals surface area (Å²) < 4.78 is 0. The van der Waals surface area contributed by atoms with Crippen LogP contribution in [0.4, 0.5) is 5.69 Å². The Kier molecular flexibility index (Phi) is 3.02. The lowest BCUT2D eigenvalue weighted by atomic mass is 9.79. The lowest BCUT2D eigenvalue weighted by molar-refractivity contribution is -0.126. The summed E-state index contributed by atoms with van der Waals surface area (Å²) in [5.74, 6) is 0.782. The number of carbonyl (C=O) groups is 1. The number of hydrogen-bond acceptors (Lipinski definition) is 2. The molecule has 4 heteroatoms. The maximum atomic E-state index is 12.5. The van der Waals surface area contributed by atoms with Crippen LogP contribution in [0.25, 0.3) is 0 Å². The van der Waals surface area contributed by atoms with Crippen LogP contribution in [0.5, 0.6) is 0 Å². The first-order chi connectivity index (χ1) is 8.71. The first-order valence-corrected chi connectivity index (χ1v) is 7.01. The van der Waals surface area contributed by atoms with E-state index in [1.54, 1.807) is 12.3 Å². The summed E-state index contributed by atoms with van der Waals surface area (Å²) >= 11 is 5.74. The summed E-state index contributed by atoms with van der Waals surface area (Å²) in [7, 11) is 0. The normalized spacial score (nSPS) is 30.2.